The molecule has 0 saturated carbocycles. The van der Waals surface area contributed by atoms with Crippen molar-refractivity contribution in [3.63, 3.8) is 0 Å². The van der Waals surface area contributed by atoms with E-state index in [9.17, 15) is 0 Å². The van der Waals surface area contributed by atoms with Gasteiger partial charge in [0.1, 0.15) is 0 Å². The highest BCUT2D eigenvalue weighted by atomic mass is 35.5. The van der Waals surface area contributed by atoms with Crippen LogP contribution in [0.3, 0.4) is 0 Å². The van der Waals surface area contributed by atoms with E-state index in [0.717, 1.165) is 16.3 Å². The Balaban J connectivity index is 3.07. The second-order valence-electron chi connectivity index (χ2n) is 2.15. The number of benzene rings is 1. The Morgan fingerprint density at radius 2 is 2.10 bits per heavy atom. The molecule has 0 saturated heterocycles. The molecule has 0 unspecified atom stereocenters. The molecule has 0 aliphatic heterocycles. The van der Waals surface area contributed by atoms with Gasteiger partial charge in [0.15, 0.2) is 0 Å². The fraction of sp³-hybridized carbons (Fsp3) is 0.250. The molecule has 0 N–H and O–H groups in total. The van der Waals surface area contributed by atoms with Crippen LogP contribution in [-0.4, -0.2) is 7.05 Å². The molecule has 1 nitrogen and oxygen atoms in total. The van der Waals surface area contributed by atoms with Crippen molar-refractivity contribution < 1.29 is 0 Å². The van der Waals surface area contributed by atoms with Gasteiger partial charge < -0.3 is 0 Å². The predicted octanol–water partition coefficient (Wildman–Crippen LogP) is 2.51. The second kappa shape index (κ2) is 2.93. The van der Waals surface area contributed by atoms with Gasteiger partial charge in [0, 0.05) is 12.1 Å². The van der Waals surface area contributed by atoms with Crippen molar-refractivity contribution >= 4 is 17.3 Å². The topological polar surface area (TPSA) is 14.1 Å². The molecule has 1 radical (unpaired) electrons. The molecule has 53 valence electrons. The Bertz CT molecular complexity index is 233. The summed E-state index contributed by atoms with van der Waals surface area (Å²) >= 11 is 5.73. The van der Waals surface area contributed by atoms with Crippen LogP contribution in [0.15, 0.2) is 18.2 Å². The SMILES string of the molecule is C[N]c1ccc(Cl)cc1C. The van der Waals surface area contributed by atoms with E-state index in [1.807, 2.05) is 25.1 Å². The maximum atomic E-state index is 5.73. The lowest BCUT2D eigenvalue weighted by atomic mass is 10.2. The summed E-state index contributed by atoms with van der Waals surface area (Å²) in [5.41, 5.74) is 2.12. The van der Waals surface area contributed by atoms with E-state index >= 15 is 0 Å². The first kappa shape index (κ1) is 7.42. The minimum absolute atomic E-state index is 0.768. The van der Waals surface area contributed by atoms with Crippen molar-refractivity contribution in [2.24, 2.45) is 0 Å². The van der Waals surface area contributed by atoms with Gasteiger partial charge in [-0.05, 0) is 30.7 Å². The summed E-state index contributed by atoms with van der Waals surface area (Å²) in [6.45, 7) is 1.99. The van der Waals surface area contributed by atoms with Gasteiger partial charge in [-0.2, -0.15) is 0 Å². The highest BCUT2D eigenvalue weighted by molar-refractivity contribution is 6.30. The van der Waals surface area contributed by atoms with E-state index in [-0.39, 0.29) is 0 Å². The lowest BCUT2D eigenvalue weighted by Gasteiger charge is -2.00. The zero-order valence-corrected chi connectivity index (χ0v) is 6.81. The third kappa shape index (κ3) is 1.42. The molecule has 0 atom stereocenters. The minimum Gasteiger partial charge on any atom is -0.288 e. The summed E-state index contributed by atoms with van der Waals surface area (Å²) in [4.78, 5) is 0. The lowest BCUT2D eigenvalue weighted by Crippen LogP contribution is -1.88. The summed E-state index contributed by atoms with van der Waals surface area (Å²) in [6, 6.07) is 5.67. The van der Waals surface area contributed by atoms with Crippen LogP contribution in [0, 0.1) is 6.92 Å². The molecule has 0 bridgehead atoms. The molecule has 10 heavy (non-hydrogen) atoms. The molecule has 0 spiro atoms. The molecule has 0 fully saturated rings. The summed E-state index contributed by atoms with van der Waals surface area (Å²) in [7, 11) is 1.77. The monoisotopic (exact) mass is 154 g/mol. The maximum Gasteiger partial charge on any atom is 0.0601 e. The van der Waals surface area contributed by atoms with E-state index in [1.54, 1.807) is 7.05 Å². The molecule has 1 aromatic rings. The van der Waals surface area contributed by atoms with Crippen LogP contribution in [0.1, 0.15) is 5.56 Å². The van der Waals surface area contributed by atoms with Crippen LogP contribution in [0.5, 0.6) is 0 Å². The standard InChI is InChI=1S/C8H9ClN/c1-6-5-7(9)3-4-8(6)10-2/h3-5H,1-2H3. The molecule has 0 aliphatic carbocycles. The Hall–Kier alpha value is -0.690. The molecular weight excluding hydrogens is 146 g/mol. The van der Waals surface area contributed by atoms with Crippen molar-refractivity contribution in [3.8, 4) is 0 Å². The fourth-order valence-electron chi connectivity index (χ4n) is 0.870. The lowest BCUT2D eigenvalue weighted by molar-refractivity contribution is 1.07. The van der Waals surface area contributed by atoms with E-state index < -0.39 is 0 Å². The second-order valence-corrected chi connectivity index (χ2v) is 2.59. The number of halogens is 1. The van der Waals surface area contributed by atoms with Crippen molar-refractivity contribution in [1.29, 1.82) is 0 Å². The third-order valence-electron chi connectivity index (χ3n) is 1.40. The Morgan fingerprint density at radius 3 is 2.60 bits per heavy atom. The van der Waals surface area contributed by atoms with E-state index in [0.29, 0.717) is 0 Å². The molecule has 0 amide bonds. The maximum absolute atomic E-state index is 5.73. The predicted molar refractivity (Wildman–Crippen MR) is 43.9 cm³/mol. The molecule has 0 aromatic heterocycles. The van der Waals surface area contributed by atoms with E-state index in [1.165, 1.54) is 0 Å². The summed E-state index contributed by atoms with van der Waals surface area (Å²) in [5.74, 6) is 0. The van der Waals surface area contributed by atoms with Gasteiger partial charge in [-0.25, -0.2) is 0 Å². The van der Waals surface area contributed by atoms with Gasteiger partial charge in [0.2, 0.25) is 0 Å². The van der Waals surface area contributed by atoms with Crippen LogP contribution in [0.4, 0.5) is 5.69 Å². The molecule has 1 aromatic carbocycles. The molecular formula is C8H9ClN. The average molecular weight is 155 g/mol. The van der Waals surface area contributed by atoms with Crippen LogP contribution < -0.4 is 5.32 Å². The number of hydrogen-bond acceptors (Lipinski definition) is 0. The molecule has 1 rings (SSSR count). The molecule has 0 aliphatic rings. The smallest absolute Gasteiger partial charge is 0.0601 e. The normalized spacial score (nSPS) is 9.50. The van der Waals surface area contributed by atoms with E-state index in [4.69, 9.17) is 11.6 Å². The van der Waals surface area contributed by atoms with Crippen molar-refractivity contribution in [3.05, 3.63) is 28.8 Å². The van der Waals surface area contributed by atoms with Gasteiger partial charge in [0.05, 0.1) is 5.69 Å². The third-order valence-corrected chi connectivity index (χ3v) is 1.63. The van der Waals surface area contributed by atoms with E-state index in [2.05, 4.69) is 5.32 Å². The number of aryl methyl sites for hydroxylation is 1. The highest BCUT2D eigenvalue weighted by Gasteiger charge is 1.95. The molecule has 0 heterocycles. The van der Waals surface area contributed by atoms with Crippen LogP contribution in [-0.2, 0) is 0 Å². The van der Waals surface area contributed by atoms with Gasteiger partial charge in [0.25, 0.3) is 0 Å². The molecule has 2 heteroatoms. The van der Waals surface area contributed by atoms with Gasteiger partial charge in [-0.1, -0.05) is 11.6 Å². The Kier molecular flexibility index (Phi) is 2.17. The van der Waals surface area contributed by atoms with Gasteiger partial charge in [-0.3, -0.25) is 5.32 Å². The van der Waals surface area contributed by atoms with Crippen LogP contribution >= 0.6 is 11.6 Å². The van der Waals surface area contributed by atoms with Crippen molar-refractivity contribution in [1.82, 2.24) is 5.32 Å². The van der Waals surface area contributed by atoms with Crippen LogP contribution in [0.2, 0.25) is 5.02 Å². The van der Waals surface area contributed by atoms with Crippen molar-refractivity contribution in [2.75, 3.05) is 7.05 Å². The number of nitrogens with zero attached hydrogens (tertiary/aromatic N) is 1. The largest absolute Gasteiger partial charge is 0.288 e. The first-order valence-electron chi connectivity index (χ1n) is 3.10. The summed E-state index contributed by atoms with van der Waals surface area (Å²) < 4.78 is 0. The highest BCUT2D eigenvalue weighted by Crippen LogP contribution is 2.18. The Labute approximate surface area is 66.0 Å². The zero-order valence-electron chi connectivity index (χ0n) is 6.06. The van der Waals surface area contributed by atoms with Crippen LogP contribution in [0.25, 0.3) is 0 Å². The quantitative estimate of drug-likeness (QED) is 0.590. The first-order chi connectivity index (χ1) is 4.74. The fourth-order valence-corrected chi connectivity index (χ4v) is 1.10. The minimum atomic E-state index is 0.768. The Morgan fingerprint density at radius 1 is 1.40 bits per heavy atom. The average Bonchev–Trinajstić information content (AvgIpc) is 1.88. The van der Waals surface area contributed by atoms with Gasteiger partial charge in [-0.15, -0.1) is 0 Å². The van der Waals surface area contributed by atoms with Crippen molar-refractivity contribution in [2.45, 2.75) is 6.92 Å². The summed E-state index contributed by atoms with van der Waals surface area (Å²) in [6.07, 6.45) is 0. The summed E-state index contributed by atoms with van der Waals surface area (Å²) in [5, 5.41) is 4.82. The van der Waals surface area contributed by atoms with Gasteiger partial charge >= 0.3 is 0 Å². The number of hydrogen-bond donors (Lipinski definition) is 0. The number of rotatable bonds is 1. The first-order valence-corrected chi connectivity index (χ1v) is 3.48. The zero-order chi connectivity index (χ0) is 7.56.